The van der Waals surface area contributed by atoms with Crippen LogP contribution in [0, 0.1) is 0 Å². The van der Waals surface area contributed by atoms with Crippen molar-refractivity contribution in [2.75, 3.05) is 6.26 Å². The van der Waals surface area contributed by atoms with E-state index in [1.54, 1.807) is 30.1 Å². The maximum absolute atomic E-state index is 12.6. The van der Waals surface area contributed by atoms with E-state index in [0.717, 1.165) is 30.6 Å². The lowest BCUT2D eigenvalue weighted by atomic mass is 9.93. The number of aromatic nitrogens is 1. The molecule has 0 spiro atoms. The van der Waals surface area contributed by atoms with Gasteiger partial charge in [-0.25, -0.2) is 4.98 Å². The van der Waals surface area contributed by atoms with E-state index in [0.29, 0.717) is 17.2 Å². The van der Waals surface area contributed by atoms with E-state index >= 15 is 0 Å². The van der Waals surface area contributed by atoms with Crippen molar-refractivity contribution < 1.29 is 14.6 Å². The molecule has 1 aromatic heterocycles. The summed E-state index contributed by atoms with van der Waals surface area (Å²) in [5.41, 5.74) is 0.420. The minimum atomic E-state index is -0.242. The van der Waals surface area contributed by atoms with Crippen molar-refractivity contribution in [1.29, 1.82) is 0 Å². The quantitative estimate of drug-likeness (QED) is 0.799. The lowest BCUT2D eigenvalue weighted by Gasteiger charge is -2.26. The molecule has 1 aliphatic rings. The highest BCUT2D eigenvalue weighted by molar-refractivity contribution is 7.98. The molecule has 132 valence electrons. The van der Waals surface area contributed by atoms with Gasteiger partial charge in [-0.15, -0.1) is 11.8 Å². The van der Waals surface area contributed by atoms with Crippen LogP contribution >= 0.6 is 11.8 Å². The number of amides is 1. The zero-order valence-corrected chi connectivity index (χ0v) is 15.0. The van der Waals surface area contributed by atoms with Gasteiger partial charge < -0.3 is 15.2 Å². The van der Waals surface area contributed by atoms with Gasteiger partial charge in [-0.3, -0.25) is 4.79 Å². The number of aliphatic hydroxyl groups excluding tert-OH is 1. The molecule has 6 heteroatoms. The number of nitrogens with zero attached hydrogens (tertiary/aromatic N) is 1. The van der Waals surface area contributed by atoms with Crippen molar-refractivity contribution in [3.05, 3.63) is 48.2 Å². The van der Waals surface area contributed by atoms with Crippen molar-refractivity contribution >= 4 is 17.7 Å². The molecular weight excluding hydrogens is 336 g/mol. The first kappa shape index (κ1) is 17.8. The van der Waals surface area contributed by atoms with Crippen LogP contribution in [0.3, 0.4) is 0 Å². The molecule has 1 aliphatic carbocycles. The number of pyridine rings is 1. The van der Waals surface area contributed by atoms with Gasteiger partial charge in [0.1, 0.15) is 11.3 Å². The smallest absolute Gasteiger partial charge is 0.257 e. The van der Waals surface area contributed by atoms with Crippen LogP contribution < -0.4 is 10.1 Å². The summed E-state index contributed by atoms with van der Waals surface area (Å²) >= 11 is 1.63. The van der Waals surface area contributed by atoms with Gasteiger partial charge in [0.2, 0.25) is 5.88 Å². The summed E-state index contributed by atoms with van der Waals surface area (Å²) in [4.78, 5) is 17.9. The first-order valence-electron chi connectivity index (χ1n) is 8.41. The molecule has 25 heavy (non-hydrogen) atoms. The number of thioether (sulfide) groups is 1. The number of aliphatic hydroxyl groups is 1. The number of ether oxygens (including phenoxy) is 1. The number of nitrogens with one attached hydrogen (secondary N) is 1. The van der Waals surface area contributed by atoms with Crippen LogP contribution in [0.4, 0.5) is 0 Å². The third-order valence-corrected chi connectivity index (χ3v) is 5.03. The van der Waals surface area contributed by atoms with Crippen LogP contribution in [-0.2, 0) is 0 Å². The summed E-state index contributed by atoms with van der Waals surface area (Å²) in [6, 6.07) is 11.2. The molecule has 2 aromatic rings. The summed E-state index contributed by atoms with van der Waals surface area (Å²) in [6.07, 6.45) is 6.40. The van der Waals surface area contributed by atoms with E-state index < -0.39 is 0 Å². The van der Waals surface area contributed by atoms with Crippen molar-refractivity contribution in [1.82, 2.24) is 10.3 Å². The predicted octanol–water partition coefficient (Wildman–Crippen LogP) is 3.63. The van der Waals surface area contributed by atoms with E-state index in [-0.39, 0.29) is 18.1 Å². The number of carbonyl (C=O) groups is 1. The SMILES string of the molecule is CSc1cccc(Oc2ncccc2C(=O)NC2CCC(O)CC2)c1. The Morgan fingerprint density at radius 3 is 2.80 bits per heavy atom. The van der Waals surface area contributed by atoms with Gasteiger partial charge in [0.25, 0.3) is 5.91 Å². The van der Waals surface area contributed by atoms with Crippen LogP contribution in [0.15, 0.2) is 47.5 Å². The van der Waals surface area contributed by atoms with Gasteiger partial charge in [0, 0.05) is 17.1 Å². The van der Waals surface area contributed by atoms with E-state index in [1.807, 2.05) is 30.5 Å². The molecule has 1 amide bonds. The molecule has 2 N–H and O–H groups in total. The Morgan fingerprint density at radius 2 is 2.04 bits per heavy atom. The second kappa shape index (κ2) is 8.36. The molecule has 1 saturated carbocycles. The Balaban J connectivity index is 1.72. The zero-order valence-electron chi connectivity index (χ0n) is 14.1. The van der Waals surface area contributed by atoms with Gasteiger partial charge in [-0.05, 0) is 62.3 Å². The summed E-state index contributed by atoms with van der Waals surface area (Å²) in [5, 5.41) is 12.6. The molecule has 1 fully saturated rings. The Kier molecular flexibility index (Phi) is 5.94. The maximum atomic E-state index is 12.6. The third-order valence-electron chi connectivity index (χ3n) is 4.30. The van der Waals surface area contributed by atoms with Gasteiger partial charge in [0.05, 0.1) is 6.10 Å². The second-order valence-electron chi connectivity index (χ2n) is 6.12. The number of rotatable bonds is 5. The van der Waals surface area contributed by atoms with Crippen LogP contribution in [-0.4, -0.2) is 34.4 Å². The van der Waals surface area contributed by atoms with E-state index in [1.165, 1.54) is 0 Å². The first-order valence-corrected chi connectivity index (χ1v) is 9.64. The summed E-state index contributed by atoms with van der Waals surface area (Å²) in [6.45, 7) is 0. The summed E-state index contributed by atoms with van der Waals surface area (Å²) in [5.74, 6) is 0.764. The highest BCUT2D eigenvalue weighted by atomic mass is 32.2. The Labute approximate surface area is 151 Å². The summed E-state index contributed by atoms with van der Waals surface area (Å²) in [7, 11) is 0. The lowest BCUT2D eigenvalue weighted by molar-refractivity contribution is 0.0865. The van der Waals surface area contributed by atoms with Crippen molar-refractivity contribution in [2.24, 2.45) is 0 Å². The van der Waals surface area contributed by atoms with E-state index in [4.69, 9.17) is 4.74 Å². The molecule has 3 rings (SSSR count). The fourth-order valence-corrected chi connectivity index (χ4v) is 3.35. The molecule has 0 unspecified atom stereocenters. The highest BCUT2D eigenvalue weighted by Gasteiger charge is 2.23. The maximum Gasteiger partial charge on any atom is 0.257 e. The molecule has 5 nitrogen and oxygen atoms in total. The van der Waals surface area contributed by atoms with Crippen molar-refractivity contribution in [3.8, 4) is 11.6 Å². The molecule has 1 heterocycles. The number of carbonyl (C=O) groups excluding carboxylic acids is 1. The molecular formula is C19H22N2O3S. The molecule has 0 atom stereocenters. The van der Waals surface area contributed by atoms with E-state index in [2.05, 4.69) is 10.3 Å². The molecule has 1 aromatic carbocycles. The molecule has 0 aliphatic heterocycles. The van der Waals surface area contributed by atoms with Crippen LogP contribution in [0.1, 0.15) is 36.0 Å². The first-order chi connectivity index (χ1) is 12.2. The van der Waals surface area contributed by atoms with E-state index in [9.17, 15) is 9.90 Å². The Morgan fingerprint density at radius 1 is 1.24 bits per heavy atom. The summed E-state index contributed by atoms with van der Waals surface area (Å²) < 4.78 is 5.85. The molecule has 0 bridgehead atoms. The topological polar surface area (TPSA) is 71.5 Å². The lowest BCUT2D eigenvalue weighted by Crippen LogP contribution is -2.38. The average Bonchev–Trinajstić information content (AvgIpc) is 2.64. The minimum Gasteiger partial charge on any atom is -0.438 e. The highest BCUT2D eigenvalue weighted by Crippen LogP contribution is 2.27. The largest absolute Gasteiger partial charge is 0.438 e. The van der Waals surface area contributed by atoms with Gasteiger partial charge in [-0.2, -0.15) is 0 Å². The number of benzene rings is 1. The third kappa shape index (κ3) is 4.74. The van der Waals surface area contributed by atoms with Crippen LogP contribution in [0.5, 0.6) is 11.6 Å². The minimum absolute atomic E-state index is 0.0868. The fourth-order valence-electron chi connectivity index (χ4n) is 2.90. The van der Waals surface area contributed by atoms with Gasteiger partial charge in [0.15, 0.2) is 0 Å². The number of hydrogen-bond donors (Lipinski definition) is 2. The van der Waals surface area contributed by atoms with Gasteiger partial charge in [-0.1, -0.05) is 6.07 Å². The Hall–Kier alpha value is -2.05. The monoisotopic (exact) mass is 358 g/mol. The van der Waals surface area contributed by atoms with Crippen LogP contribution in [0.2, 0.25) is 0 Å². The second-order valence-corrected chi connectivity index (χ2v) is 7.00. The fraction of sp³-hybridized carbons (Fsp3) is 0.368. The average molecular weight is 358 g/mol. The standard InChI is InChI=1S/C19H22N2O3S/c1-25-16-5-2-4-15(12-16)24-19-17(6-3-11-20-19)18(23)21-13-7-9-14(22)10-8-13/h2-6,11-14,22H,7-10H2,1H3,(H,21,23). The number of hydrogen-bond acceptors (Lipinski definition) is 5. The molecule has 0 radical (unpaired) electrons. The zero-order chi connectivity index (χ0) is 17.6. The Bertz CT molecular complexity index is 730. The normalized spacial score (nSPS) is 20.1. The van der Waals surface area contributed by atoms with Crippen molar-refractivity contribution in [3.63, 3.8) is 0 Å². The predicted molar refractivity (Wildman–Crippen MR) is 98.3 cm³/mol. The molecule has 0 saturated heterocycles. The van der Waals surface area contributed by atoms with Gasteiger partial charge >= 0.3 is 0 Å². The van der Waals surface area contributed by atoms with Crippen LogP contribution in [0.25, 0.3) is 0 Å². The van der Waals surface area contributed by atoms with Crippen molar-refractivity contribution in [2.45, 2.75) is 42.7 Å².